The van der Waals surface area contributed by atoms with Crippen LogP contribution in [0.5, 0.6) is 0 Å². The van der Waals surface area contributed by atoms with Crippen LogP contribution in [-0.4, -0.2) is 30.8 Å². The molecule has 1 unspecified atom stereocenters. The van der Waals surface area contributed by atoms with E-state index >= 15 is 0 Å². The third-order valence-electron chi connectivity index (χ3n) is 2.42. The summed E-state index contributed by atoms with van der Waals surface area (Å²) in [6, 6.07) is -0.815. The molecule has 0 saturated heterocycles. The number of amides is 1. The van der Waals surface area contributed by atoms with Gasteiger partial charge < -0.3 is 14.8 Å². The lowest BCUT2D eigenvalue weighted by Crippen LogP contribution is -2.40. The van der Waals surface area contributed by atoms with Crippen molar-refractivity contribution in [3.05, 3.63) is 11.9 Å². The Morgan fingerprint density at radius 2 is 1.86 bits per heavy atom. The molecule has 0 heterocycles. The summed E-state index contributed by atoms with van der Waals surface area (Å²) in [4.78, 5) is 22.8. The topological polar surface area (TPSA) is 64.6 Å². The van der Waals surface area contributed by atoms with Crippen molar-refractivity contribution < 1.29 is 23.5 Å². The van der Waals surface area contributed by atoms with Crippen LogP contribution in [0.15, 0.2) is 11.9 Å². The van der Waals surface area contributed by atoms with Crippen LogP contribution in [0.3, 0.4) is 0 Å². The highest BCUT2D eigenvalue weighted by atomic mass is 19.1. The van der Waals surface area contributed by atoms with Gasteiger partial charge in [-0.15, -0.1) is 0 Å². The van der Waals surface area contributed by atoms with Crippen molar-refractivity contribution in [1.29, 1.82) is 0 Å². The third kappa shape index (κ3) is 9.87. The highest BCUT2D eigenvalue weighted by Crippen LogP contribution is 2.16. The molecular weight excluding hydrogens is 277 g/mol. The number of nitrogens with one attached hydrogen (secondary N) is 1. The average Bonchev–Trinajstić information content (AvgIpc) is 2.31. The SMILES string of the molecule is COC(=O)C/C=C(\F)C(CC(C)C)NC(=O)OC(C)(C)C. The molecule has 6 heteroatoms. The first-order chi connectivity index (χ1) is 9.55. The van der Waals surface area contributed by atoms with E-state index in [1.165, 1.54) is 7.11 Å². The number of rotatable bonds is 6. The number of carbonyl (C=O) groups excluding carboxylic acids is 2. The highest BCUT2D eigenvalue weighted by molar-refractivity contribution is 5.71. The van der Waals surface area contributed by atoms with Gasteiger partial charge in [0.25, 0.3) is 0 Å². The molecule has 122 valence electrons. The summed E-state index contributed by atoms with van der Waals surface area (Å²) in [6.45, 7) is 9.02. The van der Waals surface area contributed by atoms with E-state index in [2.05, 4.69) is 10.1 Å². The second-order valence-corrected chi connectivity index (χ2v) is 6.20. The van der Waals surface area contributed by atoms with Crippen molar-refractivity contribution in [3.63, 3.8) is 0 Å². The maximum Gasteiger partial charge on any atom is 0.408 e. The lowest BCUT2D eigenvalue weighted by atomic mass is 10.0. The van der Waals surface area contributed by atoms with Gasteiger partial charge in [0, 0.05) is 0 Å². The Kier molecular flexibility index (Phi) is 7.99. The van der Waals surface area contributed by atoms with Crippen molar-refractivity contribution in [3.8, 4) is 0 Å². The number of hydrogen-bond acceptors (Lipinski definition) is 4. The summed E-state index contributed by atoms with van der Waals surface area (Å²) in [7, 11) is 1.23. The monoisotopic (exact) mass is 303 g/mol. The van der Waals surface area contributed by atoms with E-state index in [-0.39, 0.29) is 12.3 Å². The van der Waals surface area contributed by atoms with Gasteiger partial charge in [0.05, 0.1) is 19.6 Å². The minimum absolute atomic E-state index is 0.169. The van der Waals surface area contributed by atoms with E-state index in [0.717, 1.165) is 6.08 Å². The molecule has 0 fully saturated rings. The van der Waals surface area contributed by atoms with Crippen molar-refractivity contribution in [2.24, 2.45) is 5.92 Å². The summed E-state index contributed by atoms with van der Waals surface area (Å²) in [6.07, 6.45) is 0.668. The summed E-state index contributed by atoms with van der Waals surface area (Å²) in [5.74, 6) is -0.937. The predicted octanol–water partition coefficient (Wildman–Crippen LogP) is 3.34. The lowest BCUT2D eigenvalue weighted by Gasteiger charge is -2.24. The fourth-order valence-corrected chi connectivity index (χ4v) is 1.57. The Morgan fingerprint density at radius 1 is 1.29 bits per heavy atom. The van der Waals surface area contributed by atoms with Crippen LogP contribution in [0.4, 0.5) is 9.18 Å². The van der Waals surface area contributed by atoms with Gasteiger partial charge in [-0.05, 0) is 39.2 Å². The normalized spacial score (nSPS) is 13.8. The number of alkyl carbamates (subject to hydrolysis) is 1. The average molecular weight is 303 g/mol. The van der Waals surface area contributed by atoms with Gasteiger partial charge >= 0.3 is 12.1 Å². The fourth-order valence-electron chi connectivity index (χ4n) is 1.57. The molecule has 0 rings (SSSR count). The van der Waals surface area contributed by atoms with Crippen LogP contribution >= 0.6 is 0 Å². The van der Waals surface area contributed by atoms with Gasteiger partial charge in [0.15, 0.2) is 0 Å². The highest BCUT2D eigenvalue weighted by Gasteiger charge is 2.23. The molecule has 0 aliphatic heterocycles. The molecule has 0 aliphatic rings. The molecule has 0 aromatic rings. The number of hydrogen-bond donors (Lipinski definition) is 1. The molecule has 0 bridgehead atoms. The first-order valence-electron chi connectivity index (χ1n) is 6.97. The molecule has 0 aromatic heterocycles. The largest absolute Gasteiger partial charge is 0.469 e. The summed E-state index contributed by atoms with van der Waals surface area (Å²) < 4.78 is 23.7. The first kappa shape index (κ1) is 19.4. The van der Waals surface area contributed by atoms with Crippen LogP contribution in [0.25, 0.3) is 0 Å². The molecular formula is C15H26FNO4. The smallest absolute Gasteiger partial charge is 0.408 e. The number of carbonyl (C=O) groups is 2. The van der Waals surface area contributed by atoms with E-state index < -0.39 is 29.5 Å². The maximum atomic E-state index is 14.1. The van der Waals surface area contributed by atoms with Gasteiger partial charge in [-0.2, -0.15) is 0 Å². The fraction of sp³-hybridized carbons (Fsp3) is 0.733. The lowest BCUT2D eigenvalue weighted by molar-refractivity contribution is -0.139. The summed E-state index contributed by atoms with van der Waals surface area (Å²) in [5, 5.41) is 2.49. The van der Waals surface area contributed by atoms with Crippen molar-refractivity contribution in [1.82, 2.24) is 5.32 Å². The van der Waals surface area contributed by atoms with E-state index in [0.29, 0.717) is 6.42 Å². The molecule has 1 amide bonds. The standard InChI is InChI=1S/C15H26FNO4/c1-10(2)9-12(11(16)7-8-13(18)20-6)17-14(19)21-15(3,4)5/h7,10,12H,8-9H2,1-6H3,(H,17,19)/b11-7-. The Labute approximate surface area is 125 Å². The molecule has 21 heavy (non-hydrogen) atoms. The minimum atomic E-state index is -0.815. The van der Waals surface area contributed by atoms with Crippen LogP contribution in [0.2, 0.25) is 0 Å². The van der Waals surface area contributed by atoms with Gasteiger partial charge in [0.2, 0.25) is 0 Å². The van der Waals surface area contributed by atoms with Crippen LogP contribution in [0.1, 0.15) is 47.5 Å². The Morgan fingerprint density at radius 3 is 2.29 bits per heavy atom. The number of methoxy groups -OCH3 is 1. The molecule has 0 radical (unpaired) electrons. The van der Waals surface area contributed by atoms with Gasteiger partial charge in [0.1, 0.15) is 11.4 Å². The summed E-state index contributed by atoms with van der Waals surface area (Å²) in [5.41, 5.74) is -0.654. The van der Waals surface area contributed by atoms with Crippen molar-refractivity contribution >= 4 is 12.1 Å². The second kappa shape index (κ2) is 8.64. The molecule has 0 aliphatic carbocycles. The molecule has 1 N–H and O–H groups in total. The van der Waals surface area contributed by atoms with Crippen molar-refractivity contribution in [2.75, 3.05) is 7.11 Å². The Bertz CT molecular complexity index is 386. The van der Waals surface area contributed by atoms with Gasteiger partial charge in [-0.1, -0.05) is 13.8 Å². The Balaban J connectivity index is 4.79. The zero-order valence-corrected chi connectivity index (χ0v) is 13.7. The zero-order valence-electron chi connectivity index (χ0n) is 13.7. The number of esters is 1. The molecule has 0 aromatic carbocycles. The Hall–Kier alpha value is -1.59. The first-order valence-corrected chi connectivity index (χ1v) is 6.97. The quantitative estimate of drug-likeness (QED) is 0.764. The molecule has 0 spiro atoms. The zero-order chi connectivity index (χ0) is 16.6. The van der Waals surface area contributed by atoms with Crippen molar-refractivity contribution in [2.45, 2.75) is 59.1 Å². The molecule has 1 atom stereocenters. The van der Waals surface area contributed by atoms with Crippen LogP contribution in [-0.2, 0) is 14.3 Å². The number of ether oxygens (including phenoxy) is 2. The number of halogens is 1. The molecule has 5 nitrogen and oxygen atoms in total. The van der Waals surface area contributed by atoms with Gasteiger partial charge in [-0.3, -0.25) is 4.79 Å². The summed E-state index contributed by atoms with van der Waals surface area (Å²) >= 11 is 0. The van der Waals surface area contributed by atoms with Crippen LogP contribution in [0, 0.1) is 5.92 Å². The van der Waals surface area contributed by atoms with Crippen LogP contribution < -0.4 is 5.32 Å². The maximum absolute atomic E-state index is 14.1. The second-order valence-electron chi connectivity index (χ2n) is 6.20. The van der Waals surface area contributed by atoms with E-state index in [1.807, 2.05) is 13.8 Å². The minimum Gasteiger partial charge on any atom is -0.469 e. The predicted molar refractivity (Wildman–Crippen MR) is 78.4 cm³/mol. The van der Waals surface area contributed by atoms with E-state index in [1.54, 1.807) is 20.8 Å². The van der Waals surface area contributed by atoms with E-state index in [9.17, 15) is 14.0 Å². The molecule has 0 saturated carbocycles. The van der Waals surface area contributed by atoms with E-state index in [4.69, 9.17) is 4.74 Å². The van der Waals surface area contributed by atoms with Gasteiger partial charge in [-0.25, -0.2) is 9.18 Å². The third-order valence-corrected chi connectivity index (χ3v) is 2.42.